The largest absolute Gasteiger partial charge is 0.370 e. The molecule has 2 nitrogen and oxygen atoms in total. The van der Waals surface area contributed by atoms with E-state index in [2.05, 4.69) is 36.4 Å². The normalized spacial score (nSPS) is 35.6. The summed E-state index contributed by atoms with van der Waals surface area (Å²) in [7, 11) is 0. The van der Waals surface area contributed by atoms with Gasteiger partial charge in [-0.05, 0) is 62.0 Å². The van der Waals surface area contributed by atoms with Crippen molar-refractivity contribution < 1.29 is 9.53 Å². The van der Waals surface area contributed by atoms with E-state index >= 15 is 0 Å². The Hall–Kier alpha value is -1.41. The minimum absolute atomic E-state index is 0.136. The standard InChI is InChI=1S/C22H28O2/c1-16(23)21-9-8-19(15-24-21)17-6-4-12-22(13-10-17)14-11-18-5-2-3-7-20(18)22/h2-3,5,7,11,14,17,19,21H,4,6,8-10,12-13,15H2,1H3. The second kappa shape index (κ2) is 6.48. The highest BCUT2D eigenvalue weighted by Crippen LogP contribution is 2.48. The Morgan fingerprint density at radius 1 is 1.08 bits per heavy atom. The van der Waals surface area contributed by atoms with Gasteiger partial charge in [-0.2, -0.15) is 0 Å². The van der Waals surface area contributed by atoms with Crippen LogP contribution in [0.3, 0.4) is 0 Å². The van der Waals surface area contributed by atoms with Crippen LogP contribution in [0, 0.1) is 11.8 Å². The molecule has 2 heteroatoms. The summed E-state index contributed by atoms with van der Waals surface area (Å²) in [5, 5.41) is 0. The molecule has 1 aromatic rings. The van der Waals surface area contributed by atoms with Crippen molar-refractivity contribution >= 4 is 11.9 Å². The second-order valence-electron chi connectivity index (χ2n) is 8.04. The van der Waals surface area contributed by atoms with E-state index in [4.69, 9.17) is 4.74 Å². The molecule has 24 heavy (non-hydrogen) atoms. The van der Waals surface area contributed by atoms with Crippen LogP contribution in [0.5, 0.6) is 0 Å². The number of ether oxygens (including phenoxy) is 1. The van der Waals surface area contributed by atoms with E-state index < -0.39 is 0 Å². The SMILES string of the molecule is CC(=O)C1CCC(C2CCCC3(C=Cc4ccccc43)CC2)CO1. The third kappa shape index (κ3) is 2.86. The zero-order valence-corrected chi connectivity index (χ0v) is 14.7. The van der Waals surface area contributed by atoms with E-state index in [-0.39, 0.29) is 17.3 Å². The molecule has 0 radical (unpaired) electrons. The van der Waals surface area contributed by atoms with Crippen LogP contribution in [0.1, 0.15) is 63.0 Å². The minimum atomic E-state index is -0.136. The van der Waals surface area contributed by atoms with Gasteiger partial charge in [-0.25, -0.2) is 0 Å². The summed E-state index contributed by atoms with van der Waals surface area (Å²) in [4.78, 5) is 11.5. The summed E-state index contributed by atoms with van der Waals surface area (Å²) in [6.45, 7) is 2.44. The molecule has 128 valence electrons. The number of carbonyl (C=O) groups excluding carboxylic acids is 1. The highest BCUT2D eigenvalue weighted by Gasteiger charge is 2.39. The van der Waals surface area contributed by atoms with Crippen LogP contribution < -0.4 is 0 Å². The highest BCUT2D eigenvalue weighted by atomic mass is 16.5. The van der Waals surface area contributed by atoms with E-state index in [1.54, 1.807) is 12.5 Å². The molecule has 1 aromatic carbocycles. The smallest absolute Gasteiger partial charge is 0.158 e. The molecular formula is C22H28O2. The summed E-state index contributed by atoms with van der Waals surface area (Å²) in [5.41, 5.74) is 3.24. The van der Waals surface area contributed by atoms with E-state index in [1.165, 1.54) is 37.7 Å². The first-order valence-electron chi connectivity index (χ1n) is 9.59. The Labute approximate surface area is 145 Å². The monoisotopic (exact) mass is 324 g/mol. The zero-order valence-electron chi connectivity index (χ0n) is 14.7. The number of rotatable bonds is 2. The lowest BCUT2D eigenvalue weighted by molar-refractivity contribution is -0.134. The number of hydrogen-bond acceptors (Lipinski definition) is 2. The molecule has 1 saturated carbocycles. The maximum Gasteiger partial charge on any atom is 0.158 e. The fraction of sp³-hybridized carbons (Fsp3) is 0.591. The van der Waals surface area contributed by atoms with Gasteiger partial charge in [0.1, 0.15) is 6.10 Å². The number of fused-ring (bicyclic) bond motifs is 2. The molecule has 1 heterocycles. The molecule has 4 atom stereocenters. The Bertz CT molecular complexity index is 639. The maximum atomic E-state index is 11.5. The van der Waals surface area contributed by atoms with Crippen molar-refractivity contribution in [1.82, 2.24) is 0 Å². The Kier molecular flexibility index (Phi) is 4.34. The number of Topliss-reactive ketones (excluding diaryl/α,β-unsaturated/α-hetero) is 1. The Morgan fingerprint density at radius 3 is 2.75 bits per heavy atom. The number of benzene rings is 1. The first kappa shape index (κ1) is 16.1. The first-order chi connectivity index (χ1) is 11.7. The molecule has 0 bridgehead atoms. The van der Waals surface area contributed by atoms with Gasteiger partial charge < -0.3 is 4.74 Å². The topological polar surface area (TPSA) is 26.3 Å². The molecule has 2 aliphatic carbocycles. The quantitative estimate of drug-likeness (QED) is 0.772. The van der Waals surface area contributed by atoms with Crippen molar-refractivity contribution in [3.8, 4) is 0 Å². The van der Waals surface area contributed by atoms with Gasteiger partial charge in [-0.15, -0.1) is 0 Å². The first-order valence-corrected chi connectivity index (χ1v) is 9.59. The van der Waals surface area contributed by atoms with Crippen molar-refractivity contribution in [1.29, 1.82) is 0 Å². The Balaban J connectivity index is 1.43. The van der Waals surface area contributed by atoms with Crippen molar-refractivity contribution in [3.05, 3.63) is 41.5 Å². The predicted octanol–water partition coefficient (Wildman–Crippen LogP) is 4.92. The van der Waals surface area contributed by atoms with Gasteiger partial charge >= 0.3 is 0 Å². The van der Waals surface area contributed by atoms with Gasteiger partial charge in [-0.3, -0.25) is 4.79 Å². The Morgan fingerprint density at radius 2 is 1.96 bits per heavy atom. The maximum absolute atomic E-state index is 11.5. The van der Waals surface area contributed by atoms with Gasteiger partial charge in [-0.1, -0.05) is 49.3 Å². The summed E-state index contributed by atoms with van der Waals surface area (Å²) in [6.07, 6.45) is 13.2. The van der Waals surface area contributed by atoms with Crippen LogP contribution in [-0.4, -0.2) is 18.5 Å². The number of allylic oxidation sites excluding steroid dienone is 1. The molecule has 0 aromatic heterocycles. The molecule has 1 spiro atoms. The summed E-state index contributed by atoms with van der Waals surface area (Å²) >= 11 is 0. The number of ketones is 1. The molecule has 4 unspecified atom stereocenters. The molecule has 0 N–H and O–H groups in total. The predicted molar refractivity (Wildman–Crippen MR) is 96.9 cm³/mol. The van der Waals surface area contributed by atoms with E-state index in [0.29, 0.717) is 5.92 Å². The van der Waals surface area contributed by atoms with E-state index in [1.807, 2.05) is 0 Å². The van der Waals surface area contributed by atoms with Crippen molar-refractivity contribution in [2.75, 3.05) is 6.61 Å². The fourth-order valence-electron chi connectivity index (χ4n) is 5.20. The number of carbonyl (C=O) groups is 1. The third-order valence-electron chi connectivity index (χ3n) is 6.67. The average molecular weight is 324 g/mol. The van der Waals surface area contributed by atoms with E-state index in [9.17, 15) is 4.79 Å². The summed E-state index contributed by atoms with van der Waals surface area (Å²) in [5.74, 6) is 1.61. The van der Waals surface area contributed by atoms with Crippen LogP contribution in [-0.2, 0) is 14.9 Å². The lowest BCUT2D eigenvalue weighted by Crippen LogP contribution is -2.34. The number of hydrogen-bond donors (Lipinski definition) is 0. The van der Waals surface area contributed by atoms with Gasteiger partial charge in [0, 0.05) is 5.41 Å². The van der Waals surface area contributed by atoms with Crippen LogP contribution in [0.25, 0.3) is 6.08 Å². The van der Waals surface area contributed by atoms with Gasteiger partial charge in [0.15, 0.2) is 5.78 Å². The molecular weight excluding hydrogens is 296 g/mol. The molecule has 1 saturated heterocycles. The van der Waals surface area contributed by atoms with Gasteiger partial charge in [0.25, 0.3) is 0 Å². The fourth-order valence-corrected chi connectivity index (χ4v) is 5.20. The second-order valence-corrected chi connectivity index (χ2v) is 8.04. The van der Waals surface area contributed by atoms with E-state index in [0.717, 1.165) is 25.4 Å². The van der Waals surface area contributed by atoms with Crippen LogP contribution >= 0.6 is 0 Å². The minimum Gasteiger partial charge on any atom is -0.370 e. The lowest BCUT2D eigenvalue weighted by atomic mass is 9.75. The summed E-state index contributed by atoms with van der Waals surface area (Å²) < 4.78 is 5.86. The zero-order chi connectivity index (χ0) is 16.6. The molecule has 0 amide bonds. The molecule has 1 aliphatic heterocycles. The third-order valence-corrected chi connectivity index (χ3v) is 6.67. The molecule has 4 rings (SSSR count). The van der Waals surface area contributed by atoms with Crippen molar-refractivity contribution in [2.24, 2.45) is 11.8 Å². The van der Waals surface area contributed by atoms with Gasteiger partial charge in [0.05, 0.1) is 6.61 Å². The average Bonchev–Trinajstić information content (AvgIpc) is 2.82. The molecule has 2 fully saturated rings. The summed E-state index contributed by atoms with van der Waals surface area (Å²) in [6, 6.07) is 8.91. The highest BCUT2D eigenvalue weighted by molar-refractivity contribution is 5.80. The van der Waals surface area contributed by atoms with Crippen LogP contribution in [0.4, 0.5) is 0 Å². The lowest BCUT2D eigenvalue weighted by Gasteiger charge is -2.33. The van der Waals surface area contributed by atoms with Crippen molar-refractivity contribution in [2.45, 2.75) is 63.4 Å². The van der Waals surface area contributed by atoms with Crippen molar-refractivity contribution in [3.63, 3.8) is 0 Å². The molecule has 3 aliphatic rings. The van der Waals surface area contributed by atoms with Crippen LogP contribution in [0.15, 0.2) is 30.3 Å². The van der Waals surface area contributed by atoms with Gasteiger partial charge in [0.2, 0.25) is 0 Å². The van der Waals surface area contributed by atoms with Crippen LogP contribution in [0.2, 0.25) is 0 Å².